The van der Waals surface area contributed by atoms with Crippen molar-refractivity contribution in [2.24, 2.45) is 0 Å². The van der Waals surface area contributed by atoms with Gasteiger partial charge in [0.25, 0.3) is 0 Å². The lowest BCUT2D eigenvalue weighted by atomic mass is 10.2. The summed E-state index contributed by atoms with van der Waals surface area (Å²) in [6.45, 7) is 3.58. The first kappa shape index (κ1) is 12.9. The van der Waals surface area contributed by atoms with E-state index in [1.54, 1.807) is 12.1 Å². The molecular weight excluding hydrogens is 226 g/mol. The quantitative estimate of drug-likeness (QED) is 0.782. The predicted molar refractivity (Wildman–Crippen MR) is 62.4 cm³/mol. The minimum absolute atomic E-state index is 0.172. The number of nitrogens with zero attached hydrogens (tertiary/aromatic N) is 1. The van der Waals surface area contributed by atoms with E-state index in [0.29, 0.717) is 5.56 Å². The average molecular weight is 241 g/mol. The van der Waals surface area contributed by atoms with Crippen molar-refractivity contribution in [1.29, 1.82) is 0 Å². The number of benzene rings is 1. The van der Waals surface area contributed by atoms with Gasteiger partial charge in [-0.25, -0.2) is 8.42 Å². The van der Waals surface area contributed by atoms with Gasteiger partial charge in [-0.05, 0) is 17.7 Å². The van der Waals surface area contributed by atoms with Gasteiger partial charge < -0.3 is 5.11 Å². The summed E-state index contributed by atoms with van der Waals surface area (Å²) in [6.07, 6.45) is 1.52. The first-order valence-corrected chi connectivity index (χ1v) is 6.23. The summed E-state index contributed by atoms with van der Waals surface area (Å²) in [5.41, 5.74) is 0.577. The summed E-state index contributed by atoms with van der Waals surface area (Å²) in [6, 6.07) is 6.26. The van der Waals surface area contributed by atoms with E-state index in [2.05, 4.69) is 6.58 Å². The topological polar surface area (TPSA) is 57.6 Å². The Labute approximate surface area is 95.9 Å². The van der Waals surface area contributed by atoms with E-state index in [0.717, 1.165) is 0 Å². The molecule has 1 N–H and O–H groups in total. The van der Waals surface area contributed by atoms with Crippen molar-refractivity contribution in [3.8, 4) is 0 Å². The minimum atomic E-state index is -3.48. The largest absolute Gasteiger partial charge is 0.392 e. The smallest absolute Gasteiger partial charge is 0.243 e. The van der Waals surface area contributed by atoms with Gasteiger partial charge in [-0.3, -0.25) is 0 Å². The van der Waals surface area contributed by atoms with Crippen molar-refractivity contribution in [3.05, 3.63) is 42.5 Å². The molecule has 0 aliphatic rings. The Hall–Kier alpha value is -1.17. The Morgan fingerprint density at radius 1 is 1.50 bits per heavy atom. The van der Waals surface area contributed by atoms with E-state index in [1.807, 2.05) is 0 Å². The SMILES string of the molecule is C=CCN(C)S(=O)(=O)c1cccc(CO)c1. The van der Waals surface area contributed by atoms with E-state index in [9.17, 15) is 8.42 Å². The lowest BCUT2D eigenvalue weighted by molar-refractivity contribution is 0.281. The van der Waals surface area contributed by atoms with Gasteiger partial charge in [0.05, 0.1) is 11.5 Å². The zero-order valence-corrected chi connectivity index (χ0v) is 9.94. The highest BCUT2D eigenvalue weighted by molar-refractivity contribution is 7.89. The summed E-state index contributed by atoms with van der Waals surface area (Å²) in [5.74, 6) is 0. The van der Waals surface area contributed by atoms with E-state index < -0.39 is 10.0 Å². The van der Waals surface area contributed by atoms with Gasteiger partial charge in [-0.15, -0.1) is 6.58 Å². The Balaban J connectivity index is 3.11. The fourth-order valence-corrected chi connectivity index (χ4v) is 2.48. The maximum Gasteiger partial charge on any atom is 0.243 e. The predicted octanol–water partition coefficient (Wildman–Crippen LogP) is 0.985. The molecule has 5 heteroatoms. The fraction of sp³-hybridized carbons (Fsp3) is 0.273. The number of likely N-dealkylation sites (N-methyl/N-ethyl adjacent to an activating group) is 1. The molecule has 0 atom stereocenters. The van der Waals surface area contributed by atoms with Crippen LogP contribution in [0.5, 0.6) is 0 Å². The van der Waals surface area contributed by atoms with Crippen molar-refractivity contribution in [1.82, 2.24) is 4.31 Å². The molecule has 0 aliphatic carbocycles. The summed E-state index contributed by atoms with van der Waals surface area (Å²) < 4.78 is 25.2. The number of hydrogen-bond acceptors (Lipinski definition) is 3. The lowest BCUT2D eigenvalue weighted by Crippen LogP contribution is -2.27. The molecule has 1 aromatic carbocycles. The number of sulfonamides is 1. The van der Waals surface area contributed by atoms with Crippen LogP contribution in [0.15, 0.2) is 41.8 Å². The van der Waals surface area contributed by atoms with Crippen molar-refractivity contribution in [3.63, 3.8) is 0 Å². The minimum Gasteiger partial charge on any atom is -0.392 e. The Morgan fingerprint density at radius 2 is 2.19 bits per heavy atom. The molecule has 0 aliphatic heterocycles. The zero-order valence-electron chi connectivity index (χ0n) is 9.13. The summed E-state index contributed by atoms with van der Waals surface area (Å²) >= 11 is 0. The van der Waals surface area contributed by atoms with Crippen LogP contribution < -0.4 is 0 Å². The summed E-state index contributed by atoms with van der Waals surface area (Å²) in [4.78, 5) is 0.184. The molecule has 0 bridgehead atoms. The molecule has 1 aromatic rings. The molecule has 0 saturated carbocycles. The molecule has 0 fully saturated rings. The molecule has 16 heavy (non-hydrogen) atoms. The van der Waals surface area contributed by atoms with E-state index >= 15 is 0 Å². The zero-order chi connectivity index (χ0) is 12.2. The van der Waals surface area contributed by atoms with Crippen LogP contribution in [0.3, 0.4) is 0 Å². The van der Waals surface area contributed by atoms with Gasteiger partial charge in [0.2, 0.25) is 10.0 Å². The van der Waals surface area contributed by atoms with E-state index in [1.165, 1.54) is 29.6 Å². The molecule has 4 nitrogen and oxygen atoms in total. The Kier molecular flexibility index (Phi) is 4.23. The van der Waals surface area contributed by atoms with Crippen molar-refractivity contribution in [2.75, 3.05) is 13.6 Å². The lowest BCUT2D eigenvalue weighted by Gasteiger charge is -2.15. The van der Waals surface area contributed by atoms with Gasteiger partial charge in [-0.1, -0.05) is 18.2 Å². The molecule has 0 spiro atoms. The van der Waals surface area contributed by atoms with Gasteiger partial charge in [-0.2, -0.15) is 4.31 Å². The van der Waals surface area contributed by atoms with Crippen molar-refractivity contribution in [2.45, 2.75) is 11.5 Å². The molecule has 1 rings (SSSR count). The molecule has 0 aromatic heterocycles. The molecular formula is C11H15NO3S. The third-order valence-electron chi connectivity index (χ3n) is 2.18. The normalized spacial score (nSPS) is 11.7. The molecule has 0 unspecified atom stereocenters. The Morgan fingerprint density at radius 3 is 2.75 bits per heavy atom. The van der Waals surface area contributed by atoms with Crippen LogP contribution in [0, 0.1) is 0 Å². The van der Waals surface area contributed by atoms with Crippen LogP contribution >= 0.6 is 0 Å². The number of rotatable bonds is 5. The van der Waals surface area contributed by atoms with Crippen LogP contribution in [0.4, 0.5) is 0 Å². The fourth-order valence-electron chi connectivity index (χ4n) is 1.26. The summed E-state index contributed by atoms with van der Waals surface area (Å²) in [5, 5.41) is 8.95. The summed E-state index contributed by atoms with van der Waals surface area (Å²) in [7, 11) is -1.99. The highest BCUT2D eigenvalue weighted by atomic mass is 32.2. The second-order valence-electron chi connectivity index (χ2n) is 3.38. The van der Waals surface area contributed by atoms with E-state index in [4.69, 9.17) is 5.11 Å². The van der Waals surface area contributed by atoms with Crippen molar-refractivity contribution >= 4 is 10.0 Å². The van der Waals surface area contributed by atoms with Gasteiger partial charge in [0.1, 0.15) is 0 Å². The van der Waals surface area contributed by atoms with Gasteiger partial charge in [0, 0.05) is 13.6 Å². The molecule has 0 heterocycles. The Bertz CT molecular complexity index is 468. The molecule has 88 valence electrons. The molecule has 0 amide bonds. The second-order valence-corrected chi connectivity index (χ2v) is 5.42. The standard InChI is InChI=1S/C11H15NO3S/c1-3-7-12(2)16(14,15)11-6-4-5-10(8-11)9-13/h3-6,8,13H,1,7,9H2,2H3. The van der Waals surface area contributed by atoms with Crippen LogP contribution in [-0.4, -0.2) is 31.4 Å². The molecule has 0 radical (unpaired) electrons. The van der Waals surface area contributed by atoms with Gasteiger partial charge in [0.15, 0.2) is 0 Å². The first-order chi connectivity index (χ1) is 7.52. The second kappa shape index (κ2) is 5.25. The first-order valence-electron chi connectivity index (χ1n) is 4.79. The van der Waals surface area contributed by atoms with Crippen molar-refractivity contribution < 1.29 is 13.5 Å². The highest BCUT2D eigenvalue weighted by Crippen LogP contribution is 2.15. The van der Waals surface area contributed by atoms with Crippen LogP contribution in [-0.2, 0) is 16.6 Å². The van der Waals surface area contributed by atoms with Crippen LogP contribution in [0.2, 0.25) is 0 Å². The number of aliphatic hydroxyl groups excluding tert-OH is 1. The number of hydrogen-bond donors (Lipinski definition) is 1. The molecule has 0 saturated heterocycles. The van der Waals surface area contributed by atoms with Crippen LogP contribution in [0.25, 0.3) is 0 Å². The average Bonchev–Trinajstić information content (AvgIpc) is 2.29. The third-order valence-corrected chi connectivity index (χ3v) is 3.99. The highest BCUT2D eigenvalue weighted by Gasteiger charge is 2.19. The maximum atomic E-state index is 12.0. The number of aliphatic hydroxyl groups is 1. The monoisotopic (exact) mass is 241 g/mol. The van der Waals surface area contributed by atoms with E-state index in [-0.39, 0.29) is 18.0 Å². The maximum absolute atomic E-state index is 12.0. The van der Waals surface area contributed by atoms with Crippen LogP contribution in [0.1, 0.15) is 5.56 Å². The van der Waals surface area contributed by atoms with Gasteiger partial charge >= 0.3 is 0 Å². The third kappa shape index (κ3) is 2.69.